The first-order valence-electron chi connectivity index (χ1n) is 8.10. The molecule has 0 fully saturated rings. The number of pyridine rings is 1. The molecule has 25 heavy (non-hydrogen) atoms. The van der Waals surface area contributed by atoms with Gasteiger partial charge in [0.1, 0.15) is 11.6 Å². The van der Waals surface area contributed by atoms with Crippen LogP contribution in [-0.4, -0.2) is 11.5 Å². The van der Waals surface area contributed by atoms with Crippen LogP contribution in [0, 0.1) is 22.7 Å². The summed E-state index contributed by atoms with van der Waals surface area (Å²) in [5.74, 6) is 0.247. The van der Waals surface area contributed by atoms with Crippen molar-refractivity contribution in [2.24, 2.45) is 0 Å². The molecule has 1 aliphatic rings. The van der Waals surface area contributed by atoms with Crippen molar-refractivity contribution in [3.8, 4) is 23.3 Å². The second-order valence-electron chi connectivity index (χ2n) is 6.01. The highest BCUT2D eigenvalue weighted by molar-refractivity contribution is 5.85. The Labute approximate surface area is 152 Å². The number of fused-ring (bicyclic) bond motifs is 1. The van der Waals surface area contributed by atoms with Crippen molar-refractivity contribution >= 4 is 12.4 Å². The molecule has 0 bridgehead atoms. The fraction of sp³-hybridized carbons (Fsp3) is 0.316. The highest BCUT2D eigenvalue weighted by Gasteiger charge is 2.26. The van der Waals surface area contributed by atoms with E-state index in [9.17, 15) is 10.1 Å². The van der Waals surface area contributed by atoms with Gasteiger partial charge in [-0.25, -0.2) is 0 Å². The lowest BCUT2D eigenvalue weighted by atomic mass is 9.86. The van der Waals surface area contributed by atoms with Gasteiger partial charge in [0, 0.05) is 30.3 Å². The molecule has 0 amide bonds. The van der Waals surface area contributed by atoms with E-state index in [4.69, 9.17) is 5.26 Å². The fourth-order valence-corrected chi connectivity index (χ4v) is 3.40. The highest BCUT2D eigenvalue weighted by Crippen LogP contribution is 2.34. The molecule has 3 rings (SSSR count). The number of nitrogens with zero attached hydrogens (tertiary/aromatic N) is 2. The molecule has 0 radical (unpaired) electrons. The number of benzene rings is 1. The first kappa shape index (κ1) is 18.7. The SMILES string of the molecule is CCCC1CNCc2c1[nH]c(=O)c(C#N)c2-c1ccc(C#N)cc1.Cl. The third kappa shape index (κ3) is 3.44. The molecule has 0 aliphatic carbocycles. The predicted molar refractivity (Wildman–Crippen MR) is 98.5 cm³/mol. The van der Waals surface area contributed by atoms with Crippen molar-refractivity contribution < 1.29 is 0 Å². The van der Waals surface area contributed by atoms with Crippen LogP contribution in [0.5, 0.6) is 0 Å². The second-order valence-corrected chi connectivity index (χ2v) is 6.01. The minimum atomic E-state index is -0.335. The Morgan fingerprint density at radius 3 is 2.52 bits per heavy atom. The van der Waals surface area contributed by atoms with Crippen LogP contribution in [-0.2, 0) is 6.54 Å². The van der Waals surface area contributed by atoms with Crippen LogP contribution in [0.2, 0.25) is 0 Å². The van der Waals surface area contributed by atoms with E-state index in [1.54, 1.807) is 24.3 Å². The Hall–Kier alpha value is -2.60. The molecule has 0 spiro atoms. The summed E-state index contributed by atoms with van der Waals surface area (Å²) in [5, 5.41) is 21.8. The molecule has 6 heteroatoms. The van der Waals surface area contributed by atoms with Crippen LogP contribution in [0.1, 0.15) is 48.1 Å². The van der Waals surface area contributed by atoms with Crippen molar-refractivity contribution in [1.82, 2.24) is 10.3 Å². The molecule has 1 aromatic carbocycles. The van der Waals surface area contributed by atoms with Crippen LogP contribution >= 0.6 is 12.4 Å². The summed E-state index contributed by atoms with van der Waals surface area (Å²) in [5.41, 5.74) is 3.77. The van der Waals surface area contributed by atoms with Gasteiger partial charge in [-0.05, 0) is 29.7 Å². The summed E-state index contributed by atoms with van der Waals surface area (Å²) < 4.78 is 0. The zero-order chi connectivity index (χ0) is 17.1. The summed E-state index contributed by atoms with van der Waals surface area (Å²) in [6, 6.07) is 11.2. The third-order valence-corrected chi connectivity index (χ3v) is 4.50. The third-order valence-electron chi connectivity index (χ3n) is 4.50. The first-order valence-corrected chi connectivity index (χ1v) is 8.10. The zero-order valence-corrected chi connectivity index (χ0v) is 14.7. The van der Waals surface area contributed by atoms with Gasteiger partial charge in [0.05, 0.1) is 11.6 Å². The van der Waals surface area contributed by atoms with E-state index in [-0.39, 0.29) is 29.4 Å². The summed E-state index contributed by atoms with van der Waals surface area (Å²) in [4.78, 5) is 15.4. The predicted octanol–water partition coefficient (Wildman–Crippen LogP) is 3.19. The minimum Gasteiger partial charge on any atom is -0.324 e. The lowest BCUT2D eigenvalue weighted by Gasteiger charge is -2.28. The van der Waals surface area contributed by atoms with Gasteiger partial charge in [0.25, 0.3) is 5.56 Å². The van der Waals surface area contributed by atoms with E-state index in [0.29, 0.717) is 17.7 Å². The van der Waals surface area contributed by atoms with Gasteiger partial charge in [-0.2, -0.15) is 10.5 Å². The van der Waals surface area contributed by atoms with Crippen LogP contribution in [0.3, 0.4) is 0 Å². The van der Waals surface area contributed by atoms with E-state index >= 15 is 0 Å². The van der Waals surface area contributed by atoms with Crippen molar-refractivity contribution in [1.29, 1.82) is 10.5 Å². The summed E-state index contributed by atoms with van der Waals surface area (Å²) >= 11 is 0. The molecule has 2 N–H and O–H groups in total. The fourth-order valence-electron chi connectivity index (χ4n) is 3.40. The lowest BCUT2D eigenvalue weighted by Crippen LogP contribution is -2.32. The largest absolute Gasteiger partial charge is 0.324 e. The minimum absolute atomic E-state index is 0. The van der Waals surface area contributed by atoms with Gasteiger partial charge in [-0.1, -0.05) is 25.5 Å². The van der Waals surface area contributed by atoms with Crippen LogP contribution in [0.25, 0.3) is 11.1 Å². The lowest BCUT2D eigenvalue weighted by molar-refractivity contribution is 0.496. The Kier molecular flexibility index (Phi) is 5.98. The molecule has 2 heterocycles. The van der Waals surface area contributed by atoms with E-state index in [0.717, 1.165) is 36.2 Å². The second kappa shape index (κ2) is 7.98. The molecule has 5 nitrogen and oxygen atoms in total. The van der Waals surface area contributed by atoms with E-state index in [1.807, 2.05) is 0 Å². The Morgan fingerprint density at radius 1 is 1.20 bits per heavy atom. The number of hydrogen-bond acceptors (Lipinski definition) is 4. The van der Waals surface area contributed by atoms with Crippen molar-refractivity contribution in [3.05, 3.63) is 57.0 Å². The number of halogens is 1. The number of hydrogen-bond donors (Lipinski definition) is 2. The number of aromatic nitrogens is 1. The molecular weight excluding hydrogens is 336 g/mol. The molecule has 128 valence electrons. The number of nitriles is 2. The van der Waals surface area contributed by atoms with Crippen molar-refractivity contribution in [2.45, 2.75) is 32.2 Å². The Bertz CT molecular complexity index is 903. The molecule has 1 atom stereocenters. The molecule has 2 aromatic rings. The molecule has 1 aromatic heterocycles. The maximum atomic E-state index is 12.4. The smallest absolute Gasteiger partial charge is 0.266 e. The van der Waals surface area contributed by atoms with Crippen LogP contribution in [0.4, 0.5) is 0 Å². The number of H-pyrrole nitrogens is 1. The Balaban J connectivity index is 0.00000225. The molecular formula is C19H19ClN4O. The highest BCUT2D eigenvalue weighted by atomic mass is 35.5. The van der Waals surface area contributed by atoms with Crippen LogP contribution in [0.15, 0.2) is 29.1 Å². The number of aromatic amines is 1. The monoisotopic (exact) mass is 354 g/mol. The van der Waals surface area contributed by atoms with Gasteiger partial charge in [-0.3, -0.25) is 4.79 Å². The maximum absolute atomic E-state index is 12.4. The van der Waals surface area contributed by atoms with Gasteiger partial charge in [0.15, 0.2) is 0 Å². The molecule has 1 aliphatic heterocycles. The summed E-state index contributed by atoms with van der Waals surface area (Å²) in [6.45, 7) is 3.57. The first-order chi connectivity index (χ1) is 11.7. The summed E-state index contributed by atoms with van der Waals surface area (Å²) in [7, 11) is 0. The zero-order valence-electron chi connectivity index (χ0n) is 13.9. The van der Waals surface area contributed by atoms with Crippen LogP contribution < -0.4 is 10.9 Å². The van der Waals surface area contributed by atoms with Gasteiger partial charge in [0.2, 0.25) is 0 Å². The molecule has 1 unspecified atom stereocenters. The maximum Gasteiger partial charge on any atom is 0.266 e. The standard InChI is InChI=1S/C19H18N4O.ClH/c1-2-3-14-10-22-11-16-17(13-6-4-12(8-20)5-7-13)15(9-21)19(24)23-18(14)16;/h4-7,14,22H,2-3,10-11H2,1H3,(H,23,24);1H. The average molecular weight is 355 g/mol. The van der Waals surface area contributed by atoms with Gasteiger partial charge >= 0.3 is 0 Å². The molecule has 0 saturated carbocycles. The van der Waals surface area contributed by atoms with Crippen molar-refractivity contribution in [3.63, 3.8) is 0 Å². The number of rotatable bonds is 3. The van der Waals surface area contributed by atoms with E-state index in [2.05, 4.69) is 29.4 Å². The van der Waals surface area contributed by atoms with Gasteiger partial charge in [-0.15, -0.1) is 12.4 Å². The number of nitrogens with one attached hydrogen (secondary N) is 2. The van der Waals surface area contributed by atoms with Gasteiger partial charge < -0.3 is 10.3 Å². The van der Waals surface area contributed by atoms with E-state index < -0.39 is 0 Å². The van der Waals surface area contributed by atoms with Crippen molar-refractivity contribution in [2.75, 3.05) is 6.54 Å². The summed E-state index contributed by atoms with van der Waals surface area (Å²) in [6.07, 6.45) is 2.01. The topological polar surface area (TPSA) is 92.5 Å². The Morgan fingerprint density at radius 2 is 1.92 bits per heavy atom. The average Bonchev–Trinajstić information content (AvgIpc) is 2.61. The van der Waals surface area contributed by atoms with E-state index in [1.165, 1.54) is 0 Å². The normalized spacial score (nSPS) is 15.4. The molecule has 0 saturated heterocycles. The quantitative estimate of drug-likeness (QED) is 0.885.